The van der Waals surface area contributed by atoms with E-state index in [1.54, 1.807) is 18.2 Å². The first-order valence-electron chi connectivity index (χ1n) is 9.94. The molecule has 1 amide bonds. The largest absolute Gasteiger partial charge is 0.422 e. The van der Waals surface area contributed by atoms with E-state index in [1.165, 1.54) is 24.4 Å². The Morgan fingerprint density at radius 2 is 1.85 bits per heavy atom. The number of nitrogens with zero attached hydrogens (tertiary/aromatic N) is 1. The van der Waals surface area contributed by atoms with Crippen molar-refractivity contribution < 1.29 is 13.6 Å². The van der Waals surface area contributed by atoms with Crippen molar-refractivity contribution in [2.75, 3.05) is 0 Å². The van der Waals surface area contributed by atoms with Gasteiger partial charge in [-0.1, -0.05) is 52.3 Å². The van der Waals surface area contributed by atoms with Crippen LogP contribution in [0.4, 0.5) is 4.39 Å². The molecular formula is C25H15BrFN3O3. The number of hydrogen-bond donors (Lipinski definition) is 2. The predicted octanol–water partition coefficient (Wildman–Crippen LogP) is 5.61. The lowest BCUT2D eigenvalue weighted by Gasteiger charge is -2.04. The van der Waals surface area contributed by atoms with Gasteiger partial charge < -0.3 is 9.40 Å². The summed E-state index contributed by atoms with van der Waals surface area (Å²) in [6.45, 7) is 0. The van der Waals surface area contributed by atoms with E-state index in [2.05, 4.69) is 31.4 Å². The molecule has 2 aromatic heterocycles. The minimum Gasteiger partial charge on any atom is -0.422 e. The van der Waals surface area contributed by atoms with Gasteiger partial charge >= 0.3 is 5.63 Å². The van der Waals surface area contributed by atoms with Crippen LogP contribution in [0.3, 0.4) is 0 Å². The minimum atomic E-state index is -0.679. The van der Waals surface area contributed by atoms with E-state index in [0.717, 1.165) is 20.8 Å². The van der Waals surface area contributed by atoms with Gasteiger partial charge in [-0.05, 0) is 36.4 Å². The summed E-state index contributed by atoms with van der Waals surface area (Å²) in [6.07, 6.45) is 1.43. The fourth-order valence-electron chi connectivity index (χ4n) is 3.63. The normalized spacial score (nSPS) is 11.5. The molecule has 0 unspecified atom stereocenters. The molecule has 0 aliphatic rings. The first-order chi connectivity index (χ1) is 16.0. The van der Waals surface area contributed by atoms with E-state index in [1.807, 2.05) is 36.4 Å². The summed E-state index contributed by atoms with van der Waals surface area (Å²) < 4.78 is 20.2. The van der Waals surface area contributed by atoms with Gasteiger partial charge in [-0.15, -0.1) is 0 Å². The van der Waals surface area contributed by atoms with Crippen LogP contribution in [0.2, 0.25) is 0 Å². The Balaban J connectivity index is 1.58. The Morgan fingerprint density at radius 3 is 2.70 bits per heavy atom. The van der Waals surface area contributed by atoms with Gasteiger partial charge in [0, 0.05) is 26.3 Å². The highest BCUT2D eigenvalue weighted by atomic mass is 79.9. The molecule has 3 aromatic carbocycles. The van der Waals surface area contributed by atoms with Crippen LogP contribution in [-0.2, 0) is 0 Å². The molecule has 0 atom stereocenters. The molecular weight excluding hydrogens is 489 g/mol. The van der Waals surface area contributed by atoms with Gasteiger partial charge in [0.25, 0.3) is 5.91 Å². The fourth-order valence-corrected chi connectivity index (χ4v) is 3.97. The zero-order valence-electron chi connectivity index (χ0n) is 16.9. The second-order valence-corrected chi connectivity index (χ2v) is 8.18. The van der Waals surface area contributed by atoms with Gasteiger partial charge in [-0.25, -0.2) is 14.6 Å². The number of aromatic nitrogens is 1. The third-order valence-corrected chi connectivity index (χ3v) is 5.69. The van der Waals surface area contributed by atoms with E-state index in [4.69, 9.17) is 4.42 Å². The van der Waals surface area contributed by atoms with Crippen molar-refractivity contribution in [1.82, 2.24) is 10.4 Å². The molecule has 0 radical (unpaired) electrons. The number of nitrogens with one attached hydrogen (secondary N) is 2. The smallest absolute Gasteiger partial charge is 0.345 e. The fraction of sp³-hybridized carbons (Fsp3) is 0. The van der Waals surface area contributed by atoms with Crippen molar-refractivity contribution in [2.24, 2.45) is 5.10 Å². The Labute approximate surface area is 194 Å². The first-order valence-corrected chi connectivity index (χ1v) is 10.7. The van der Waals surface area contributed by atoms with Crippen molar-refractivity contribution in [3.63, 3.8) is 0 Å². The maximum absolute atomic E-state index is 13.9. The van der Waals surface area contributed by atoms with Crippen LogP contribution in [0.25, 0.3) is 33.1 Å². The maximum atomic E-state index is 13.9. The number of fused-ring (bicyclic) bond motifs is 2. The van der Waals surface area contributed by atoms with Crippen LogP contribution in [0, 0.1) is 5.82 Å². The maximum Gasteiger partial charge on any atom is 0.345 e. The number of amides is 1. The molecule has 0 aliphatic carbocycles. The van der Waals surface area contributed by atoms with E-state index in [0.29, 0.717) is 22.4 Å². The van der Waals surface area contributed by atoms with Gasteiger partial charge in [-0.3, -0.25) is 4.79 Å². The SMILES string of the molecule is O=C(N/N=C/c1c(-c2cc3ccc(Br)cc3oc2=O)[nH]c2ccccc12)c1ccccc1F. The number of carbonyl (C=O) groups excluding carboxylic acids is 1. The van der Waals surface area contributed by atoms with Crippen molar-refractivity contribution in [1.29, 1.82) is 0 Å². The highest BCUT2D eigenvalue weighted by Crippen LogP contribution is 2.29. The zero-order chi connectivity index (χ0) is 22.9. The molecule has 0 saturated carbocycles. The van der Waals surface area contributed by atoms with Gasteiger partial charge in [0.05, 0.1) is 23.0 Å². The van der Waals surface area contributed by atoms with Crippen LogP contribution >= 0.6 is 15.9 Å². The first kappa shape index (κ1) is 20.8. The molecule has 5 rings (SSSR count). The van der Waals surface area contributed by atoms with Crippen LogP contribution in [0.15, 0.2) is 91.6 Å². The Kier molecular flexibility index (Phi) is 5.35. The van der Waals surface area contributed by atoms with E-state index < -0.39 is 17.3 Å². The standard InChI is InChI=1S/C25H15BrFN3O3/c26-15-10-9-14-11-18(25(32)33-22(14)12-15)23-19(16-5-2-4-8-21(16)29-23)13-28-30-24(31)17-6-1-3-7-20(17)27/h1-13,29H,(H,30,31)/b28-13+. The lowest BCUT2D eigenvalue weighted by Crippen LogP contribution is -2.19. The van der Waals surface area contributed by atoms with E-state index in [9.17, 15) is 14.0 Å². The molecule has 8 heteroatoms. The molecule has 0 fully saturated rings. The van der Waals surface area contributed by atoms with Gasteiger partial charge in [0.2, 0.25) is 0 Å². The summed E-state index contributed by atoms with van der Waals surface area (Å²) in [4.78, 5) is 28.4. The number of H-pyrrole nitrogens is 1. The number of benzene rings is 3. The zero-order valence-corrected chi connectivity index (χ0v) is 18.5. The number of halogens is 2. The monoisotopic (exact) mass is 503 g/mol. The summed E-state index contributed by atoms with van der Waals surface area (Å²) in [5.74, 6) is -1.32. The molecule has 0 aliphatic heterocycles. The van der Waals surface area contributed by atoms with E-state index >= 15 is 0 Å². The molecule has 0 bridgehead atoms. The van der Waals surface area contributed by atoms with E-state index in [-0.39, 0.29) is 5.56 Å². The number of hydrazone groups is 1. The molecule has 33 heavy (non-hydrogen) atoms. The second kappa shape index (κ2) is 8.48. The average molecular weight is 504 g/mol. The highest BCUT2D eigenvalue weighted by molar-refractivity contribution is 9.10. The minimum absolute atomic E-state index is 0.116. The van der Waals surface area contributed by atoms with Crippen molar-refractivity contribution >= 4 is 49.9 Å². The van der Waals surface area contributed by atoms with Crippen molar-refractivity contribution in [3.8, 4) is 11.3 Å². The summed E-state index contributed by atoms with van der Waals surface area (Å²) in [7, 11) is 0. The summed E-state index contributed by atoms with van der Waals surface area (Å²) in [6, 6.07) is 20.3. The molecule has 0 spiro atoms. The third-order valence-electron chi connectivity index (χ3n) is 5.19. The molecule has 6 nitrogen and oxygen atoms in total. The second-order valence-electron chi connectivity index (χ2n) is 7.27. The lowest BCUT2D eigenvalue weighted by molar-refractivity contribution is 0.0951. The molecule has 162 valence electrons. The average Bonchev–Trinajstić information content (AvgIpc) is 3.17. The van der Waals surface area contributed by atoms with Gasteiger partial charge in [-0.2, -0.15) is 5.10 Å². The quantitative estimate of drug-likeness (QED) is 0.190. The number of rotatable bonds is 4. The number of hydrogen-bond acceptors (Lipinski definition) is 4. The molecule has 5 aromatic rings. The molecule has 0 saturated heterocycles. The number of carbonyl (C=O) groups is 1. The number of para-hydroxylation sites is 1. The predicted molar refractivity (Wildman–Crippen MR) is 129 cm³/mol. The van der Waals surface area contributed by atoms with Crippen LogP contribution in [0.5, 0.6) is 0 Å². The van der Waals surface area contributed by atoms with Crippen LogP contribution < -0.4 is 11.1 Å². The summed E-state index contributed by atoms with van der Waals surface area (Å²) >= 11 is 3.37. The Morgan fingerprint density at radius 1 is 1.06 bits per heavy atom. The van der Waals surface area contributed by atoms with Gasteiger partial charge in [0.1, 0.15) is 11.4 Å². The third kappa shape index (κ3) is 3.96. The highest BCUT2D eigenvalue weighted by Gasteiger charge is 2.17. The molecule has 2 N–H and O–H groups in total. The van der Waals surface area contributed by atoms with Crippen molar-refractivity contribution in [3.05, 3.63) is 105 Å². The molecule has 2 heterocycles. The van der Waals surface area contributed by atoms with Crippen LogP contribution in [0.1, 0.15) is 15.9 Å². The Bertz CT molecular complexity index is 1620. The number of aromatic amines is 1. The topological polar surface area (TPSA) is 87.5 Å². The van der Waals surface area contributed by atoms with Gasteiger partial charge in [0.15, 0.2) is 0 Å². The van der Waals surface area contributed by atoms with Crippen LogP contribution in [-0.4, -0.2) is 17.1 Å². The lowest BCUT2D eigenvalue weighted by atomic mass is 10.1. The summed E-state index contributed by atoms with van der Waals surface area (Å²) in [5, 5.41) is 5.57. The summed E-state index contributed by atoms with van der Waals surface area (Å²) in [5.41, 5.74) is 4.36. The Hall–Kier alpha value is -4.04. The van der Waals surface area contributed by atoms with Crippen molar-refractivity contribution in [2.45, 2.75) is 0 Å².